The van der Waals surface area contributed by atoms with E-state index in [4.69, 9.17) is 0 Å². The predicted molar refractivity (Wildman–Crippen MR) is 95.6 cm³/mol. The molecule has 0 aliphatic rings. The van der Waals surface area contributed by atoms with Gasteiger partial charge in [-0.2, -0.15) is 4.98 Å². The van der Waals surface area contributed by atoms with E-state index in [0.29, 0.717) is 23.7 Å². The molecule has 26 heavy (non-hydrogen) atoms. The van der Waals surface area contributed by atoms with Crippen LogP contribution in [0.5, 0.6) is 0 Å². The molecule has 134 valence electrons. The molecule has 2 N–H and O–H groups in total. The fourth-order valence-electron chi connectivity index (χ4n) is 2.61. The van der Waals surface area contributed by atoms with E-state index >= 15 is 0 Å². The quantitative estimate of drug-likeness (QED) is 0.712. The molecule has 0 saturated carbocycles. The summed E-state index contributed by atoms with van der Waals surface area (Å²) in [7, 11) is 1.59. The number of benzene rings is 1. The first-order valence-electron chi connectivity index (χ1n) is 8.24. The van der Waals surface area contributed by atoms with Crippen molar-refractivity contribution in [3.63, 3.8) is 0 Å². The lowest BCUT2D eigenvalue weighted by atomic mass is 10.1. The van der Waals surface area contributed by atoms with Crippen LogP contribution in [0.1, 0.15) is 33.1 Å². The van der Waals surface area contributed by atoms with Gasteiger partial charge in [0.15, 0.2) is 5.82 Å². The summed E-state index contributed by atoms with van der Waals surface area (Å²) in [5, 5.41) is 9.72. The normalized spacial score (nSPS) is 10.7. The second-order valence-electron chi connectivity index (χ2n) is 6.01. The highest BCUT2D eigenvalue weighted by atomic mass is 16.2. The number of carbonyl (C=O) groups is 2. The van der Waals surface area contributed by atoms with Gasteiger partial charge in [-0.15, -0.1) is 5.10 Å². The first kappa shape index (κ1) is 17.5. The molecule has 2 amide bonds. The lowest BCUT2D eigenvalue weighted by Gasteiger charge is -2.05. The third kappa shape index (κ3) is 3.85. The summed E-state index contributed by atoms with van der Waals surface area (Å²) in [5.74, 6) is 0.608. The molecule has 0 radical (unpaired) electrons. The standard InChI is InChI=1S/C18H20N6O2/c1-11-8-12(2)24-18(21-11)22-15(23-24)9-16(25)20-10-13-4-6-14(7-5-13)17(26)19-3/h4-8H,9-10H2,1-3H3,(H,19,26)(H,20,25). The third-order valence-corrected chi connectivity index (χ3v) is 3.91. The van der Waals surface area contributed by atoms with E-state index in [-0.39, 0.29) is 18.2 Å². The SMILES string of the molecule is CNC(=O)c1ccc(CNC(=O)Cc2nc3nc(C)cc(C)n3n2)cc1. The minimum atomic E-state index is -0.175. The number of hydrogen-bond donors (Lipinski definition) is 2. The Kier molecular flexibility index (Phi) is 4.92. The van der Waals surface area contributed by atoms with Gasteiger partial charge >= 0.3 is 0 Å². The molecule has 0 spiro atoms. The van der Waals surface area contributed by atoms with E-state index in [2.05, 4.69) is 25.7 Å². The molecule has 0 aliphatic heterocycles. The van der Waals surface area contributed by atoms with Crippen LogP contribution in [0.25, 0.3) is 5.78 Å². The Hall–Kier alpha value is -3.29. The summed E-state index contributed by atoms with van der Waals surface area (Å²) in [5.41, 5.74) is 3.26. The van der Waals surface area contributed by atoms with Crippen LogP contribution in [0, 0.1) is 13.8 Å². The Balaban J connectivity index is 1.60. The number of amides is 2. The van der Waals surface area contributed by atoms with Crippen molar-refractivity contribution in [3.8, 4) is 0 Å². The van der Waals surface area contributed by atoms with Crippen molar-refractivity contribution in [2.24, 2.45) is 0 Å². The molecule has 8 heteroatoms. The summed E-state index contributed by atoms with van der Waals surface area (Å²) in [4.78, 5) is 32.3. The predicted octanol–water partition coefficient (Wildman–Crippen LogP) is 0.960. The van der Waals surface area contributed by atoms with Gasteiger partial charge in [0, 0.05) is 30.5 Å². The van der Waals surface area contributed by atoms with Gasteiger partial charge in [0.05, 0.1) is 6.42 Å². The van der Waals surface area contributed by atoms with Gasteiger partial charge < -0.3 is 10.6 Å². The molecule has 3 aromatic rings. The summed E-state index contributed by atoms with van der Waals surface area (Å²) in [6, 6.07) is 8.98. The Morgan fingerprint density at radius 3 is 2.54 bits per heavy atom. The van der Waals surface area contributed by atoms with Crippen LogP contribution in [-0.4, -0.2) is 38.4 Å². The van der Waals surface area contributed by atoms with Crippen LogP contribution >= 0.6 is 0 Å². The van der Waals surface area contributed by atoms with Crippen molar-refractivity contribution in [2.75, 3.05) is 7.05 Å². The molecule has 2 aromatic heterocycles. The molecule has 0 saturated heterocycles. The maximum Gasteiger partial charge on any atom is 0.252 e. The maximum absolute atomic E-state index is 12.2. The minimum absolute atomic E-state index is 0.0815. The first-order valence-corrected chi connectivity index (χ1v) is 8.24. The highest BCUT2D eigenvalue weighted by Gasteiger charge is 2.12. The van der Waals surface area contributed by atoms with E-state index in [9.17, 15) is 9.59 Å². The minimum Gasteiger partial charge on any atom is -0.355 e. The Bertz CT molecular complexity index is 962. The number of rotatable bonds is 5. The smallest absolute Gasteiger partial charge is 0.252 e. The molecule has 2 heterocycles. The molecule has 0 atom stereocenters. The van der Waals surface area contributed by atoms with Gasteiger partial charge in [-0.05, 0) is 37.6 Å². The van der Waals surface area contributed by atoms with E-state index in [1.807, 2.05) is 32.0 Å². The maximum atomic E-state index is 12.2. The zero-order valence-electron chi connectivity index (χ0n) is 14.9. The van der Waals surface area contributed by atoms with Crippen molar-refractivity contribution in [2.45, 2.75) is 26.8 Å². The fourth-order valence-corrected chi connectivity index (χ4v) is 2.61. The monoisotopic (exact) mass is 352 g/mol. The number of carbonyl (C=O) groups excluding carboxylic acids is 2. The van der Waals surface area contributed by atoms with Gasteiger partial charge in [0.1, 0.15) is 0 Å². The van der Waals surface area contributed by atoms with Crippen LogP contribution in [0.2, 0.25) is 0 Å². The first-order chi connectivity index (χ1) is 12.5. The zero-order chi connectivity index (χ0) is 18.7. The van der Waals surface area contributed by atoms with Crippen LogP contribution in [0.4, 0.5) is 0 Å². The van der Waals surface area contributed by atoms with Crippen molar-refractivity contribution in [3.05, 3.63) is 58.7 Å². The second-order valence-corrected chi connectivity index (χ2v) is 6.01. The van der Waals surface area contributed by atoms with Gasteiger partial charge in [-0.25, -0.2) is 9.50 Å². The van der Waals surface area contributed by atoms with Crippen molar-refractivity contribution < 1.29 is 9.59 Å². The van der Waals surface area contributed by atoms with Crippen LogP contribution in [0.3, 0.4) is 0 Å². The number of fused-ring (bicyclic) bond motifs is 1. The Morgan fingerprint density at radius 2 is 1.85 bits per heavy atom. The van der Waals surface area contributed by atoms with Crippen LogP contribution in [0.15, 0.2) is 30.3 Å². The lowest BCUT2D eigenvalue weighted by molar-refractivity contribution is -0.120. The van der Waals surface area contributed by atoms with E-state index < -0.39 is 0 Å². The summed E-state index contributed by atoms with van der Waals surface area (Å²) >= 11 is 0. The number of hydrogen-bond acceptors (Lipinski definition) is 5. The van der Waals surface area contributed by atoms with E-state index in [1.54, 1.807) is 23.7 Å². The topological polar surface area (TPSA) is 101 Å². The van der Waals surface area contributed by atoms with Gasteiger partial charge in [-0.3, -0.25) is 9.59 Å². The van der Waals surface area contributed by atoms with Gasteiger partial charge in [0.25, 0.3) is 11.7 Å². The molecule has 0 bridgehead atoms. The third-order valence-electron chi connectivity index (χ3n) is 3.91. The highest BCUT2D eigenvalue weighted by Crippen LogP contribution is 2.07. The lowest BCUT2D eigenvalue weighted by Crippen LogP contribution is -2.25. The molecule has 1 aromatic carbocycles. The highest BCUT2D eigenvalue weighted by molar-refractivity contribution is 5.93. The van der Waals surface area contributed by atoms with Gasteiger partial charge in [-0.1, -0.05) is 12.1 Å². The average molecular weight is 352 g/mol. The molecule has 0 aliphatic carbocycles. The number of nitrogens with one attached hydrogen (secondary N) is 2. The Labute approximate surface area is 150 Å². The summed E-state index contributed by atoms with van der Waals surface area (Å²) in [6.07, 6.45) is 0.0815. The second kappa shape index (κ2) is 7.30. The number of nitrogens with zero attached hydrogens (tertiary/aromatic N) is 4. The Morgan fingerprint density at radius 1 is 1.12 bits per heavy atom. The number of aromatic nitrogens is 4. The average Bonchev–Trinajstić information content (AvgIpc) is 3.02. The molecular weight excluding hydrogens is 332 g/mol. The van der Waals surface area contributed by atoms with Crippen molar-refractivity contribution >= 4 is 17.6 Å². The van der Waals surface area contributed by atoms with Gasteiger partial charge in [0.2, 0.25) is 5.91 Å². The van der Waals surface area contributed by atoms with Crippen molar-refractivity contribution in [1.29, 1.82) is 0 Å². The molecular formula is C18H20N6O2. The zero-order valence-corrected chi connectivity index (χ0v) is 14.9. The van der Waals surface area contributed by atoms with E-state index in [0.717, 1.165) is 17.0 Å². The van der Waals surface area contributed by atoms with E-state index in [1.165, 1.54) is 0 Å². The molecule has 0 fully saturated rings. The molecule has 0 unspecified atom stereocenters. The largest absolute Gasteiger partial charge is 0.355 e. The summed E-state index contributed by atoms with van der Waals surface area (Å²) < 4.78 is 1.63. The molecule has 8 nitrogen and oxygen atoms in total. The van der Waals surface area contributed by atoms with Crippen LogP contribution in [-0.2, 0) is 17.8 Å². The van der Waals surface area contributed by atoms with Crippen LogP contribution < -0.4 is 10.6 Å². The fraction of sp³-hybridized carbons (Fsp3) is 0.278. The number of aryl methyl sites for hydroxylation is 2. The van der Waals surface area contributed by atoms with Crippen molar-refractivity contribution in [1.82, 2.24) is 30.2 Å². The summed E-state index contributed by atoms with van der Waals surface area (Å²) in [6.45, 7) is 4.18. The molecule has 3 rings (SSSR count).